The monoisotopic (exact) mass is 330 g/mol. The van der Waals surface area contributed by atoms with Crippen LogP contribution in [0.5, 0.6) is 0 Å². The molecule has 1 amide bonds. The Kier molecular flexibility index (Phi) is 7.83. The van der Waals surface area contributed by atoms with Crippen LogP contribution in [0, 0.1) is 12.8 Å². The lowest BCUT2D eigenvalue weighted by atomic mass is 9.92. The van der Waals surface area contributed by atoms with Gasteiger partial charge in [-0.25, -0.2) is 5.01 Å². The minimum absolute atomic E-state index is 0.466. The second-order valence-corrected chi connectivity index (χ2v) is 6.59. The van der Waals surface area contributed by atoms with Crippen LogP contribution in [0.15, 0.2) is 17.2 Å². The molecule has 0 saturated heterocycles. The number of benzene rings is 1. The summed E-state index contributed by atoms with van der Waals surface area (Å²) < 4.78 is 0. The molecule has 0 spiro atoms. The lowest BCUT2D eigenvalue weighted by molar-refractivity contribution is -0.125. The summed E-state index contributed by atoms with van der Waals surface area (Å²) in [6.07, 6.45) is 4.97. The largest absolute Gasteiger partial charge is 0.314 e. The number of nitrogens with zero attached hydrogens (tertiary/aromatic N) is 2. The summed E-state index contributed by atoms with van der Waals surface area (Å²) in [6.45, 7) is 10.3. The predicted molar refractivity (Wildman–Crippen MR) is 99.6 cm³/mol. The number of hydrogen-bond donors (Lipinski definition) is 0. The summed E-state index contributed by atoms with van der Waals surface area (Å²) in [5.41, 5.74) is 3.54. The van der Waals surface area contributed by atoms with E-state index in [1.54, 1.807) is 6.21 Å². The van der Waals surface area contributed by atoms with Crippen LogP contribution in [0.1, 0.15) is 67.6 Å². The van der Waals surface area contributed by atoms with Crippen LogP contribution in [-0.2, 0) is 17.6 Å². The van der Waals surface area contributed by atoms with Crippen LogP contribution in [0.2, 0.25) is 0 Å². The van der Waals surface area contributed by atoms with E-state index in [0.717, 1.165) is 47.4 Å². The lowest BCUT2D eigenvalue weighted by Crippen LogP contribution is -2.31. The van der Waals surface area contributed by atoms with Crippen molar-refractivity contribution in [3.8, 4) is 0 Å². The summed E-state index contributed by atoms with van der Waals surface area (Å²) in [5.74, 6) is -0.456. The molecule has 0 fully saturated rings. The van der Waals surface area contributed by atoms with Crippen LogP contribution in [0.4, 0.5) is 0 Å². The molecule has 0 aromatic heterocycles. The maximum absolute atomic E-state index is 12.7. The molecule has 1 aromatic rings. The van der Waals surface area contributed by atoms with Crippen molar-refractivity contribution in [2.75, 3.05) is 7.05 Å². The van der Waals surface area contributed by atoms with Gasteiger partial charge in [-0.05, 0) is 49.7 Å². The zero-order valence-corrected chi connectivity index (χ0v) is 15.8. The highest BCUT2D eigenvalue weighted by atomic mass is 16.2. The number of rotatable bonds is 8. The number of carbonyl (C=O) groups is 2. The predicted octanol–water partition coefficient (Wildman–Crippen LogP) is 4.18. The number of Topliss-reactive ketones (excluding diaryl/α,β-unsaturated/α-hetero) is 1. The standard InChI is InChI=1S/C20H30N2O2/c1-7-16-12-15(5)13-17(8-2)18(16)19(23)20(24)22(6)21-11-9-10-14(3)4/h11-14H,7-10H2,1-6H3/b21-11+. The molecule has 0 radical (unpaired) electrons. The maximum atomic E-state index is 12.7. The van der Waals surface area contributed by atoms with Gasteiger partial charge in [0.1, 0.15) is 0 Å². The molecule has 0 aliphatic rings. The Labute approximate surface area is 145 Å². The fourth-order valence-corrected chi connectivity index (χ4v) is 2.69. The van der Waals surface area contributed by atoms with Gasteiger partial charge in [-0.2, -0.15) is 5.10 Å². The molecular formula is C20H30N2O2. The third-order valence-corrected chi connectivity index (χ3v) is 4.05. The first-order valence-corrected chi connectivity index (χ1v) is 8.78. The van der Waals surface area contributed by atoms with Gasteiger partial charge in [-0.3, -0.25) is 9.59 Å². The van der Waals surface area contributed by atoms with Crippen molar-refractivity contribution in [2.45, 2.75) is 60.3 Å². The second kappa shape index (κ2) is 9.36. The number of hydrogen-bond acceptors (Lipinski definition) is 3. The molecule has 0 N–H and O–H groups in total. The van der Waals surface area contributed by atoms with E-state index in [1.165, 1.54) is 7.05 Å². The second-order valence-electron chi connectivity index (χ2n) is 6.59. The minimum Gasteiger partial charge on any atom is -0.283 e. The summed E-state index contributed by atoms with van der Waals surface area (Å²) in [6, 6.07) is 3.98. The summed E-state index contributed by atoms with van der Waals surface area (Å²) in [5, 5.41) is 5.26. The van der Waals surface area contributed by atoms with E-state index in [9.17, 15) is 9.59 Å². The van der Waals surface area contributed by atoms with Gasteiger partial charge in [0.15, 0.2) is 0 Å². The SMILES string of the molecule is CCc1cc(C)cc(CC)c1C(=O)C(=O)N(C)/N=C/CCC(C)C. The fraction of sp³-hybridized carbons (Fsp3) is 0.550. The van der Waals surface area contributed by atoms with Crippen molar-refractivity contribution in [2.24, 2.45) is 11.0 Å². The van der Waals surface area contributed by atoms with Crippen LogP contribution in [0.25, 0.3) is 0 Å². The maximum Gasteiger partial charge on any atom is 0.314 e. The van der Waals surface area contributed by atoms with Gasteiger partial charge in [0.05, 0.1) is 0 Å². The Morgan fingerprint density at radius 1 is 1.17 bits per heavy atom. The molecule has 0 unspecified atom stereocenters. The highest BCUT2D eigenvalue weighted by Crippen LogP contribution is 2.20. The average molecular weight is 330 g/mol. The molecule has 0 heterocycles. The number of aryl methyl sites for hydroxylation is 3. The van der Waals surface area contributed by atoms with Gasteiger partial charge in [0, 0.05) is 18.8 Å². The molecule has 4 nitrogen and oxygen atoms in total. The highest BCUT2D eigenvalue weighted by Gasteiger charge is 2.25. The summed E-state index contributed by atoms with van der Waals surface area (Å²) >= 11 is 0. The molecule has 0 aliphatic heterocycles. The molecular weight excluding hydrogens is 300 g/mol. The van der Waals surface area contributed by atoms with Crippen LogP contribution in [0.3, 0.4) is 0 Å². The molecule has 4 heteroatoms. The molecule has 132 valence electrons. The van der Waals surface area contributed by atoms with Crippen LogP contribution >= 0.6 is 0 Å². The van der Waals surface area contributed by atoms with Gasteiger partial charge in [0.2, 0.25) is 0 Å². The molecule has 0 aliphatic carbocycles. The van der Waals surface area contributed by atoms with E-state index in [4.69, 9.17) is 0 Å². The number of ketones is 1. The third-order valence-electron chi connectivity index (χ3n) is 4.05. The van der Waals surface area contributed by atoms with E-state index in [1.807, 2.05) is 32.9 Å². The van der Waals surface area contributed by atoms with E-state index < -0.39 is 11.7 Å². The van der Waals surface area contributed by atoms with Crippen molar-refractivity contribution < 1.29 is 9.59 Å². The molecule has 24 heavy (non-hydrogen) atoms. The molecule has 0 saturated carbocycles. The number of hydrazone groups is 1. The first-order chi connectivity index (χ1) is 11.3. The third kappa shape index (κ3) is 5.29. The highest BCUT2D eigenvalue weighted by molar-refractivity contribution is 6.43. The van der Waals surface area contributed by atoms with Gasteiger partial charge in [0.25, 0.3) is 5.78 Å². The van der Waals surface area contributed by atoms with E-state index in [0.29, 0.717) is 11.5 Å². The van der Waals surface area contributed by atoms with Crippen molar-refractivity contribution >= 4 is 17.9 Å². The topological polar surface area (TPSA) is 49.7 Å². The Balaban J connectivity index is 2.99. The molecule has 1 rings (SSSR count). The Morgan fingerprint density at radius 3 is 2.17 bits per heavy atom. The van der Waals surface area contributed by atoms with Crippen LogP contribution in [-0.4, -0.2) is 30.0 Å². The Bertz CT molecular complexity index is 593. The fourth-order valence-electron chi connectivity index (χ4n) is 2.69. The van der Waals surface area contributed by atoms with E-state index in [-0.39, 0.29) is 0 Å². The van der Waals surface area contributed by atoms with E-state index >= 15 is 0 Å². The number of carbonyl (C=O) groups excluding carboxylic acids is 2. The van der Waals surface area contributed by atoms with Crippen LogP contribution < -0.4 is 0 Å². The lowest BCUT2D eigenvalue weighted by Gasteiger charge is -2.15. The number of amides is 1. The normalized spacial score (nSPS) is 11.3. The number of likely N-dealkylation sites (N-methyl/N-ethyl adjacent to an activating group) is 1. The average Bonchev–Trinajstić information content (AvgIpc) is 2.55. The van der Waals surface area contributed by atoms with Gasteiger partial charge in [-0.15, -0.1) is 0 Å². The zero-order valence-electron chi connectivity index (χ0n) is 15.8. The smallest absolute Gasteiger partial charge is 0.283 e. The van der Waals surface area contributed by atoms with Gasteiger partial charge < -0.3 is 0 Å². The van der Waals surface area contributed by atoms with Crippen molar-refractivity contribution in [1.29, 1.82) is 0 Å². The van der Waals surface area contributed by atoms with E-state index in [2.05, 4.69) is 18.9 Å². The Morgan fingerprint density at radius 2 is 1.71 bits per heavy atom. The van der Waals surface area contributed by atoms with Crippen molar-refractivity contribution in [3.05, 3.63) is 34.4 Å². The molecule has 1 aromatic carbocycles. The first kappa shape index (κ1) is 20.1. The quantitative estimate of drug-likeness (QED) is 0.311. The molecule has 0 atom stereocenters. The molecule has 0 bridgehead atoms. The van der Waals surface area contributed by atoms with Crippen molar-refractivity contribution in [1.82, 2.24) is 5.01 Å². The minimum atomic E-state index is -0.580. The van der Waals surface area contributed by atoms with Gasteiger partial charge in [-0.1, -0.05) is 45.4 Å². The first-order valence-electron chi connectivity index (χ1n) is 8.78. The summed E-state index contributed by atoms with van der Waals surface area (Å²) in [7, 11) is 1.54. The van der Waals surface area contributed by atoms with Gasteiger partial charge >= 0.3 is 5.91 Å². The Hall–Kier alpha value is -1.97. The summed E-state index contributed by atoms with van der Waals surface area (Å²) in [4.78, 5) is 25.2. The zero-order chi connectivity index (χ0) is 18.3. The van der Waals surface area contributed by atoms with Crippen molar-refractivity contribution in [3.63, 3.8) is 0 Å².